The van der Waals surface area contributed by atoms with Crippen molar-refractivity contribution in [2.24, 2.45) is 5.73 Å². The molecule has 1 heterocycles. The molecule has 1 fully saturated rings. The van der Waals surface area contributed by atoms with E-state index in [0.717, 1.165) is 32.5 Å². The van der Waals surface area contributed by atoms with E-state index in [0.29, 0.717) is 19.6 Å². The second kappa shape index (κ2) is 8.73. The van der Waals surface area contributed by atoms with Gasteiger partial charge in [0, 0.05) is 32.8 Å². The van der Waals surface area contributed by atoms with Gasteiger partial charge >= 0.3 is 6.18 Å². The molecule has 0 aromatic heterocycles. The van der Waals surface area contributed by atoms with Crippen LogP contribution in [0.2, 0.25) is 0 Å². The van der Waals surface area contributed by atoms with Crippen molar-refractivity contribution in [1.82, 2.24) is 4.90 Å². The van der Waals surface area contributed by atoms with Gasteiger partial charge in [-0.05, 0) is 19.3 Å². The Hall–Kier alpha value is -0.370. The van der Waals surface area contributed by atoms with Crippen LogP contribution in [-0.2, 0) is 9.47 Å². The highest BCUT2D eigenvalue weighted by Crippen LogP contribution is 2.15. The molecule has 0 bridgehead atoms. The SMILES string of the molecule is NCCOC1CCN(CCCOCC(F)(F)F)CC1. The van der Waals surface area contributed by atoms with Gasteiger partial charge in [-0.1, -0.05) is 0 Å². The summed E-state index contributed by atoms with van der Waals surface area (Å²) >= 11 is 0. The van der Waals surface area contributed by atoms with Crippen LogP contribution in [0.3, 0.4) is 0 Å². The molecule has 0 amide bonds. The van der Waals surface area contributed by atoms with Gasteiger partial charge in [0.1, 0.15) is 6.61 Å². The lowest BCUT2D eigenvalue weighted by atomic mass is 10.1. The van der Waals surface area contributed by atoms with Crippen molar-refractivity contribution in [3.05, 3.63) is 0 Å². The number of hydrogen-bond acceptors (Lipinski definition) is 4. The van der Waals surface area contributed by atoms with Gasteiger partial charge < -0.3 is 20.1 Å². The Kier molecular flexibility index (Phi) is 7.67. The summed E-state index contributed by atoms with van der Waals surface area (Å²) in [7, 11) is 0. The van der Waals surface area contributed by atoms with Crippen molar-refractivity contribution < 1.29 is 22.6 Å². The molecule has 1 rings (SSSR count). The van der Waals surface area contributed by atoms with E-state index in [9.17, 15) is 13.2 Å². The summed E-state index contributed by atoms with van der Waals surface area (Å²) in [5.41, 5.74) is 5.37. The van der Waals surface area contributed by atoms with Crippen LogP contribution in [0.15, 0.2) is 0 Å². The van der Waals surface area contributed by atoms with Crippen LogP contribution in [0.5, 0.6) is 0 Å². The minimum Gasteiger partial charge on any atom is -0.377 e. The fourth-order valence-corrected chi connectivity index (χ4v) is 2.11. The standard InChI is InChI=1S/C12H23F3N2O2/c13-12(14,15)10-18-8-1-5-17-6-2-11(3-7-17)19-9-4-16/h11H,1-10,16H2. The zero-order chi connectivity index (χ0) is 14.1. The quantitative estimate of drug-likeness (QED) is 0.684. The van der Waals surface area contributed by atoms with E-state index in [1.807, 2.05) is 0 Å². The van der Waals surface area contributed by atoms with Gasteiger partial charge in [0.25, 0.3) is 0 Å². The molecule has 19 heavy (non-hydrogen) atoms. The van der Waals surface area contributed by atoms with Crippen LogP contribution in [0.1, 0.15) is 19.3 Å². The molecule has 0 aromatic carbocycles. The first-order chi connectivity index (χ1) is 9.01. The molecule has 0 aliphatic carbocycles. The van der Waals surface area contributed by atoms with Gasteiger partial charge in [-0.3, -0.25) is 0 Å². The average Bonchev–Trinajstić information content (AvgIpc) is 2.36. The predicted molar refractivity (Wildman–Crippen MR) is 66.0 cm³/mol. The number of nitrogens with zero attached hydrogens (tertiary/aromatic N) is 1. The summed E-state index contributed by atoms with van der Waals surface area (Å²) in [5.74, 6) is 0. The lowest BCUT2D eigenvalue weighted by molar-refractivity contribution is -0.174. The molecule has 1 saturated heterocycles. The molecule has 4 nitrogen and oxygen atoms in total. The average molecular weight is 284 g/mol. The highest BCUT2D eigenvalue weighted by atomic mass is 19.4. The highest BCUT2D eigenvalue weighted by molar-refractivity contribution is 4.72. The monoisotopic (exact) mass is 284 g/mol. The summed E-state index contributed by atoms with van der Waals surface area (Å²) in [6.07, 6.45) is -1.39. The van der Waals surface area contributed by atoms with Gasteiger partial charge in [-0.2, -0.15) is 13.2 Å². The van der Waals surface area contributed by atoms with Crippen LogP contribution in [-0.4, -0.2) is 63.2 Å². The van der Waals surface area contributed by atoms with Crippen LogP contribution in [0.25, 0.3) is 0 Å². The topological polar surface area (TPSA) is 47.7 Å². The summed E-state index contributed by atoms with van der Waals surface area (Å²) < 4.78 is 45.6. The zero-order valence-electron chi connectivity index (χ0n) is 11.1. The fourth-order valence-electron chi connectivity index (χ4n) is 2.11. The third-order valence-electron chi connectivity index (χ3n) is 3.03. The minimum absolute atomic E-state index is 0.156. The molecule has 1 aliphatic rings. The molecule has 0 unspecified atom stereocenters. The Balaban J connectivity index is 1.97. The van der Waals surface area contributed by atoms with Crippen molar-refractivity contribution in [2.45, 2.75) is 31.5 Å². The molecule has 7 heteroatoms. The van der Waals surface area contributed by atoms with Crippen LogP contribution in [0, 0.1) is 0 Å². The third-order valence-corrected chi connectivity index (χ3v) is 3.03. The van der Waals surface area contributed by atoms with Gasteiger partial charge in [-0.25, -0.2) is 0 Å². The molecule has 0 saturated carbocycles. The Morgan fingerprint density at radius 1 is 1.16 bits per heavy atom. The molecular formula is C12H23F3N2O2. The second-order valence-corrected chi connectivity index (χ2v) is 4.72. The molecule has 0 radical (unpaired) electrons. The molecule has 1 aliphatic heterocycles. The predicted octanol–water partition coefficient (Wildman–Crippen LogP) is 1.40. The lowest BCUT2D eigenvalue weighted by Gasteiger charge is -2.31. The van der Waals surface area contributed by atoms with Crippen molar-refractivity contribution in [1.29, 1.82) is 0 Å². The summed E-state index contributed by atoms with van der Waals surface area (Å²) in [5, 5.41) is 0. The number of nitrogens with two attached hydrogens (primary N) is 1. The smallest absolute Gasteiger partial charge is 0.377 e. The third kappa shape index (κ3) is 8.41. The maximum Gasteiger partial charge on any atom is 0.411 e. The van der Waals surface area contributed by atoms with Crippen molar-refractivity contribution in [3.8, 4) is 0 Å². The summed E-state index contributed by atoms with van der Waals surface area (Å²) in [4.78, 5) is 2.24. The first-order valence-electron chi connectivity index (χ1n) is 6.70. The van der Waals surface area contributed by atoms with Crippen LogP contribution in [0.4, 0.5) is 13.2 Å². The lowest BCUT2D eigenvalue weighted by Crippen LogP contribution is -2.38. The first-order valence-corrected chi connectivity index (χ1v) is 6.70. The molecular weight excluding hydrogens is 261 g/mol. The van der Waals surface area contributed by atoms with E-state index in [1.165, 1.54) is 0 Å². The van der Waals surface area contributed by atoms with Crippen molar-refractivity contribution in [2.75, 3.05) is 46.0 Å². The van der Waals surface area contributed by atoms with Crippen LogP contribution < -0.4 is 5.73 Å². The Morgan fingerprint density at radius 2 is 1.84 bits per heavy atom. The van der Waals surface area contributed by atoms with E-state index in [2.05, 4.69) is 9.64 Å². The normalized spacial score (nSPS) is 18.9. The minimum atomic E-state index is -4.22. The van der Waals surface area contributed by atoms with Crippen molar-refractivity contribution >= 4 is 0 Å². The maximum absolute atomic E-state index is 11.8. The number of hydrogen-bond donors (Lipinski definition) is 1. The Labute approximate surface area is 112 Å². The number of ether oxygens (including phenoxy) is 2. The Morgan fingerprint density at radius 3 is 2.42 bits per heavy atom. The maximum atomic E-state index is 11.8. The number of likely N-dealkylation sites (tertiary alicyclic amines) is 1. The highest BCUT2D eigenvalue weighted by Gasteiger charge is 2.27. The molecule has 0 spiro atoms. The molecule has 2 N–H and O–H groups in total. The number of halogens is 3. The van der Waals surface area contributed by atoms with Gasteiger partial charge in [0.05, 0.1) is 12.7 Å². The molecule has 0 aromatic rings. The second-order valence-electron chi connectivity index (χ2n) is 4.72. The molecule has 0 atom stereocenters. The number of alkyl halides is 3. The zero-order valence-corrected chi connectivity index (χ0v) is 11.1. The summed E-state index contributed by atoms with van der Waals surface area (Å²) in [6.45, 7) is 2.77. The largest absolute Gasteiger partial charge is 0.411 e. The van der Waals surface area contributed by atoms with Gasteiger partial charge in [0.2, 0.25) is 0 Å². The van der Waals surface area contributed by atoms with Crippen molar-refractivity contribution in [3.63, 3.8) is 0 Å². The Bertz CT molecular complexity index is 232. The number of rotatable bonds is 8. The first kappa shape index (κ1) is 16.7. The van der Waals surface area contributed by atoms with Gasteiger partial charge in [0.15, 0.2) is 0 Å². The van der Waals surface area contributed by atoms with E-state index in [4.69, 9.17) is 10.5 Å². The van der Waals surface area contributed by atoms with E-state index in [-0.39, 0.29) is 12.7 Å². The van der Waals surface area contributed by atoms with E-state index in [1.54, 1.807) is 0 Å². The van der Waals surface area contributed by atoms with Gasteiger partial charge in [-0.15, -0.1) is 0 Å². The fraction of sp³-hybridized carbons (Fsp3) is 1.00. The van der Waals surface area contributed by atoms with Crippen LogP contribution >= 0.6 is 0 Å². The van der Waals surface area contributed by atoms with E-state index >= 15 is 0 Å². The van der Waals surface area contributed by atoms with E-state index < -0.39 is 12.8 Å². The summed E-state index contributed by atoms with van der Waals surface area (Å²) in [6, 6.07) is 0. The number of piperidine rings is 1. The molecule has 114 valence electrons.